The first-order valence-corrected chi connectivity index (χ1v) is 7.92. The summed E-state index contributed by atoms with van der Waals surface area (Å²) in [7, 11) is 0. The Labute approximate surface area is 145 Å². The molecule has 2 rings (SSSR count). The molecule has 0 unspecified atom stereocenters. The summed E-state index contributed by atoms with van der Waals surface area (Å²) < 4.78 is 10.7. The summed E-state index contributed by atoms with van der Waals surface area (Å²) in [6.07, 6.45) is 0. The maximum Gasteiger partial charge on any atom is 0.255 e. The van der Waals surface area contributed by atoms with Crippen molar-refractivity contribution < 1.29 is 14.3 Å². The van der Waals surface area contributed by atoms with E-state index in [2.05, 4.69) is 5.32 Å². The number of halogens is 2. The van der Waals surface area contributed by atoms with Crippen LogP contribution in [0.1, 0.15) is 17.3 Å². The second-order valence-electron chi connectivity index (χ2n) is 4.69. The van der Waals surface area contributed by atoms with Gasteiger partial charge in [0.25, 0.3) is 5.91 Å². The first-order chi connectivity index (χ1) is 11.1. The fourth-order valence-corrected chi connectivity index (χ4v) is 2.45. The van der Waals surface area contributed by atoms with Gasteiger partial charge in [0.1, 0.15) is 12.4 Å². The van der Waals surface area contributed by atoms with E-state index in [1.807, 2.05) is 6.92 Å². The van der Waals surface area contributed by atoms with E-state index in [4.69, 9.17) is 32.7 Å². The largest absolute Gasteiger partial charge is 0.491 e. The number of ether oxygens (including phenoxy) is 2. The molecular formula is C17H17Cl2NO3. The maximum absolute atomic E-state index is 12.3. The van der Waals surface area contributed by atoms with Crippen molar-refractivity contribution in [2.75, 3.05) is 25.1 Å². The summed E-state index contributed by atoms with van der Waals surface area (Å²) in [6, 6.07) is 11.8. The van der Waals surface area contributed by atoms with Gasteiger partial charge in [0.2, 0.25) is 0 Å². The standard InChI is InChI=1S/C17H17Cl2NO3/c1-2-22-6-7-23-16-5-3-4-12(8-16)17(21)20-15-10-13(18)9-14(19)11-15/h3-5,8-11H,2,6-7H2,1H3,(H,20,21). The molecule has 2 aromatic carbocycles. The predicted molar refractivity (Wildman–Crippen MR) is 92.8 cm³/mol. The molecule has 0 aliphatic carbocycles. The Kier molecular flexibility index (Phi) is 6.71. The first-order valence-electron chi connectivity index (χ1n) is 7.16. The molecule has 0 aliphatic rings. The van der Waals surface area contributed by atoms with E-state index in [9.17, 15) is 4.79 Å². The molecule has 0 radical (unpaired) electrons. The maximum atomic E-state index is 12.3. The van der Waals surface area contributed by atoms with Crippen molar-refractivity contribution >= 4 is 34.8 Å². The van der Waals surface area contributed by atoms with Gasteiger partial charge in [0, 0.05) is 27.9 Å². The van der Waals surface area contributed by atoms with Crippen LogP contribution in [0.2, 0.25) is 10.0 Å². The molecule has 0 saturated heterocycles. The summed E-state index contributed by atoms with van der Waals surface area (Å²) in [6.45, 7) is 3.51. The fraction of sp³-hybridized carbons (Fsp3) is 0.235. The van der Waals surface area contributed by atoms with Gasteiger partial charge in [-0.05, 0) is 43.3 Å². The number of rotatable bonds is 7. The van der Waals surface area contributed by atoms with Gasteiger partial charge in [-0.2, -0.15) is 0 Å². The molecule has 122 valence electrons. The number of carbonyl (C=O) groups is 1. The Hall–Kier alpha value is -1.75. The zero-order valence-corrected chi connectivity index (χ0v) is 14.2. The molecule has 0 heterocycles. The highest BCUT2D eigenvalue weighted by Gasteiger charge is 2.08. The number of nitrogens with one attached hydrogen (secondary N) is 1. The SMILES string of the molecule is CCOCCOc1cccc(C(=O)Nc2cc(Cl)cc(Cl)c2)c1. The third kappa shape index (κ3) is 5.75. The molecule has 1 amide bonds. The van der Waals surface area contributed by atoms with Crippen LogP contribution >= 0.6 is 23.2 Å². The Bertz CT molecular complexity index is 656. The molecule has 0 spiro atoms. The van der Waals surface area contributed by atoms with Crippen LogP contribution in [0.4, 0.5) is 5.69 Å². The van der Waals surface area contributed by atoms with E-state index in [1.165, 1.54) is 0 Å². The van der Waals surface area contributed by atoms with Gasteiger partial charge < -0.3 is 14.8 Å². The molecule has 0 aliphatic heterocycles. The minimum atomic E-state index is -0.265. The number of carbonyl (C=O) groups excluding carboxylic acids is 1. The van der Waals surface area contributed by atoms with Crippen molar-refractivity contribution in [2.45, 2.75) is 6.92 Å². The van der Waals surface area contributed by atoms with Crippen LogP contribution in [0, 0.1) is 0 Å². The topological polar surface area (TPSA) is 47.6 Å². The number of amides is 1. The highest BCUT2D eigenvalue weighted by atomic mass is 35.5. The number of hydrogen-bond donors (Lipinski definition) is 1. The van der Waals surface area contributed by atoms with Crippen molar-refractivity contribution in [1.82, 2.24) is 0 Å². The van der Waals surface area contributed by atoms with Gasteiger partial charge in [0.05, 0.1) is 6.61 Å². The van der Waals surface area contributed by atoms with Crippen LogP contribution in [0.25, 0.3) is 0 Å². The van der Waals surface area contributed by atoms with Gasteiger partial charge in [0.15, 0.2) is 0 Å². The van der Waals surface area contributed by atoms with E-state index in [0.717, 1.165) is 0 Å². The molecule has 2 aromatic rings. The molecule has 0 aromatic heterocycles. The molecule has 0 fully saturated rings. The third-order valence-electron chi connectivity index (χ3n) is 2.92. The van der Waals surface area contributed by atoms with Crippen molar-refractivity contribution in [2.24, 2.45) is 0 Å². The molecule has 0 bridgehead atoms. The monoisotopic (exact) mass is 353 g/mol. The van der Waals surface area contributed by atoms with E-state index in [0.29, 0.717) is 46.9 Å². The highest BCUT2D eigenvalue weighted by Crippen LogP contribution is 2.23. The average Bonchev–Trinajstić information content (AvgIpc) is 2.51. The van der Waals surface area contributed by atoms with Crippen LogP contribution in [-0.2, 0) is 4.74 Å². The van der Waals surface area contributed by atoms with Crippen molar-refractivity contribution in [3.8, 4) is 5.75 Å². The quantitative estimate of drug-likeness (QED) is 0.736. The van der Waals surface area contributed by atoms with E-state index in [-0.39, 0.29) is 5.91 Å². The molecule has 23 heavy (non-hydrogen) atoms. The number of anilines is 1. The first kappa shape index (κ1) is 17.6. The summed E-state index contributed by atoms with van der Waals surface area (Å²) in [5.41, 5.74) is 1.02. The molecule has 1 N–H and O–H groups in total. The zero-order valence-electron chi connectivity index (χ0n) is 12.6. The third-order valence-corrected chi connectivity index (χ3v) is 3.35. The smallest absolute Gasteiger partial charge is 0.255 e. The lowest BCUT2D eigenvalue weighted by molar-refractivity contribution is 0.102. The van der Waals surface area contributed by atoms with Crippen molar-refractivity contribution in [1.29, 1.82) is 0 Å². The number of benzene rings is 2. The van der Waals surface area contributed by atoms with Gasteiger partial charge in [-0.25, -0.2) is 0 Å². The normalized spacial score (nSPS) is 10.4. The Morgan fingerprint density at radius 3 is 2.52 bits per heavy atom. The zero-order chi connectivity index (χ0) is 16.7. The summed E-state index contributed by atoms with van der Waals surface area (Å²) in [5, 5.41) is 3.67. The lowest BCUT2D eigenvalue weighted by Gasteiger charge is -2.09. The summed E-state index contributed by atoms with van der Waals surface area (Å²) >= 11 is 11.8. The Balaban J connectivity index is 2.01. The van der Waals surface area contributed by atoms with E-state index >= 15 is 0 Å². The minimum absolute atomic E-state index is 0.265. The van der Waals surface area contributed by atoms with Gasteiger partial charge >= 0.3 is 0 Å². The van der Waals surface area contributed by atoms with Gasteiger partial charge in [-0.3, -0.25) is 4.79 Å². The van der Waals surface area contributed by atoms with Gasteiger partial charge in [-0.1, -0.05) is 29.3 Å². The molecule has 6 heteroatoms. The average molecular weight is 354 g/mol. The summed E-state index contributed by atoms with van der Waals surface area (Å²) in [4.78, 5) is 12.3. The van der Waals surface area contributed by atoms with Crippen LogP contribution in [-0.4, -0.2) is 25.7 Å². The second-order valence-corrected chi connectivity index (χ2v) is 5.56. The molecular weight excluding hydrogens is 337 g/mol. The van der Waals surface area contributed by atoms with Crippen molar-refractivity contribution in [3.05, 3.63) is 58.1 Å². The van der Waals surface area contributed by atoms with Gasteiger partial charge in [-0.15, -0.1) is 0 Å². The number of hydrogen-bond acceptors (Lipinski definition) is 3. The lowest BCUT2D eigenvalue weighted by atomic mass is 10.2. The van der Waals surface area contributed by atoms with Crippen LogP contribution in [0.15, 0.2) is 42.5 Å². The van der Waals surface area contributed by atoms with Crippen molar-refractivity contribution in [3.63, 3.8) is 0 Å². The van der Waals surface area contributed by atoms with Crippen LogP contribution < -0.4 is 10.1 Å². The Morgan fingerprint density at radius 2 is 1.83 bits per heavy atom. The molecule has 0 saturated carbocycles. The van der Waals surface area contributed by atoms with Crippen LogP contribution in [0.3, 0.4) is 0 Å². The molecule has 0 atom stereocenters. The molecule has 4 nitrogen and oxygen atoms in total. The fourth-order valence-electron chi connectivity index (χ4n) is 1.92. The predicted octanol–water partition coefficient (Wildman–Crippen LogP) is 4.66. The minimum Gasteiger partial charge on any atom is -0.491 e. The van der Waals surface area contributed by atoms with E-state index in [1.54, 1.807) is 42.5 Å². The van der Waals surface area contributed by atoms with E-state index < -0.39 is 0 Å². The highest BCUT2D eigenvalue weighted by molar-refractivity contribution is 6.35. The lowest BCUT2D eigenvalue weighted by Crippen LogP contribution is -2.12. The second kappa shape index (κ2) is 8.77. The van der Waals surface area contributed by atoms with Crippen LogP contribution in [0.5, 0.6) is 5.75 Å². The summed E-state index contributed by atoms with van der Waals surface area (Å²) in [5.74, 6) is 0.347. The Morgan fingerprint density at radius 1 is 1.09 bits per heavy atom.